The number of amides is 2. The van der Waals surface area contributed by atoms with Gasteiger partial charge in [0.05, 0.1) is 18.2 Å². The highest BCUT2D eigenvalue weighted by Crippen LogP contribution is 2.43. The monoisotopic (exact) mass is 409 g/mol. The molecule has 1 aliphatic carbocycles. The van der Waals surface area contributed by atoms with E-state index in [1.54, 1.807) is 19.2 Å². The standard InChI is InChI=1S/C24H28FN3O2/c1-15-8-20(16(2)26-12-15)24(30)28-13-21(25)22(14-28)27-23(29)11-17-9-19(10-17)18-6-4-3-5-7-18/h3-8,12,17,19,21-22H,9-11,13-14H2,1-2H3,(H,27,29)/t17?,19?,21-,22+/m0/s1. The topological polar surface area (TPSA) is 62.3 Å². The molecule has 2 atom stereocenters. The molecule has 1 aromatic heterocycles. The minimum absolute atomic E-state index is 0.00330. The molecule has 2 aromatic rings. The van der Waals surface area contributed by atoms with E-state index in [2.05, 4.69) is 22.4 Å². The van der Waals surface area contributed by atoms with Crippen LogP contribution in [-0.4, -0.2) is 47.0 Å². The van der Waals surface area contributed by atoms with Crippen LogP contribution in [0.15, 0.2) is 42.6 Å². The summed E-state index contributed by atoms with van der Waals surface area (Å²) in [6.07, 6.45) is 2.85. The fourth-order valence-corrected chi connectivity index (χ4v) is 4.52. The van der Waals surface area contributed by atoms with Crippen molar-refractivity contribution in [2.45, 2.75) is 51.2 Å². The normalized spacial score (nSPS) is 25.6. The molecule has 0 bridgehead atoms. The number of nitrogens with one attached hydrogen (secondary N) is 1. The van der Waals surface area contributed by atoms with Gasteiger partial charge in [-0.2, -0.15) is 0 Å². The van der Waals surface area contributed by atoms with Crippen molar-refractivity contribution >= 4 is 11.8 Å². The Labute approximate surface area is 176 Å². The minimum atomic E-state index is -1.26. The zero-order valence-corrected chi connectivity index (χ0v) is 17.5. The molecule has 0 radical (unpaired) electrons. The second-order valence-corrected chi connectivity index (χ2v) is 8.69. The van der Waals surface area contributed by atoms with Crippen molar-refractivity contribution in [3.63, 3.8) is 0 Å². The lowest BCUT2D eigenvalue weighted by Gasteiger charge is -2.35. The first kappa shape index (κ1) is 20.5. The lowest BCUT2D eigenvalue weighted by molar-refractivity contribution is -0.123. The lowest BCUT2D eigenvalue weighted by atomic mass is 9.70. The number of hydrogen-bond donors (Lipinski definition) is 1. The van der Waals surface area contributed by atoms with Crippen molar-refractivity contribution in [2.24, 2.45) is 5.92 Å². The second-order valence-electron chi connectivity index (χ2n) is 8.69. The van der Waals surface area contributed by atoms with Crippen molar-refractivity contribution in [1.29, 1.82) is 0 Å². The molecule has 1 saturated carbocycles. The Balaban J connectivity index is 1.28. The Kier molecular flexibility index (Phi) is 5.84. The number of halogens is 1. The van der Waals surface area contributed by atoms with Crippen LogP contribution in [0.2, 0.25) is 0 Å². The van der Waals surface area contributed by atoms with Crippen LogP contribution in [0.5, 0.6) is 0 Å². The number of rotatable bonds is 5. The fourth-order valence-electron chi connectivity index (χ4n) is 4.52. The Morgan fingerprint density at radius 3 is 2.63 bits per heavy atom. The van der Waals surface area contributed by atoms with Gasteiger partial charge in [0.15, 0.2) is 0 Å². The summed E-state index contributed by atoms with van der Waals surface area (Å²) in [4.78, 5) is 31.0. The zero-order chi connectivity index (χ0) is 21.3. The Hall–Kier alpha value is -2.76. The maximum absolute atomic E-state index is 14.5. The number of carbonyl (C=O) groups excluding carboxylic acids is 2. The van der Waals surface area contributed by atoms with E-state index in [0.717, 1.165) is 18.4 Å². The summed E-state index contributed by atoms with van der Waals surface area (Å²) in [5, 5.41) is 2.82. The SMILES string of the molecule is Cc1cnc(C)c(C(=O)N2C[C@H](F)[C@H](NC(=O)CC3CC(c4ccccc4)C3)C2)c1. The summed E-state index contributed by atoms with van der Waals surface area (Å²) in [5.74, 6) is 0.506. The van der Waals surface area contributed by atoms with Gasteiger partial charge in [-0.3, -0.25) is 14.6 Å². The van der Waals surface area contributed by atoms with E-state index < -0.39 is 12.2 Å². The molecule has 2 fully saturated rings. The summed E-state index contributed by atoms with van der Waals surface area (Å²) in [6, 6.07) is 11.5. The van der Waals surface area contributed by atoms with Gasteiger partial charge in [-0.15, -0.1) is 0 Å². The van der Waals surface area contributed by atoms with Gasteiger partial charge < -0.3 is 10.2 Å². The molecule has 1 N–H and O–H groups in total. The van der Waals surface area contributed by atoms with Crippen molar-refractivity contribution in [1.82, 2.24) is 15.2 Å². The molecule has 2 aliphatic rings. The summed E-state index contributed by atoms with van der Waals surface area (Å²) in [5.41, 5.74) is 3.34. The Morgan fingerprint density at radius 2 is 1.90 bits per heavy atom. The molecule has 0 unspecified atom stereocenters. The van der Waals surface area contributed by atoms with E-state index in [1.807, 2.05) is 25.1 Å². The van der Waals surface area contributed by atoms with Gasteiger partial charge in [0, 0.05) is 24.9 Å². The molecule has 0 spiro atoms. The first-order valence-electron chi connectivity index (χ1n) is 10.6. The van der Waals surface area contributed by atoms with Crippen LogP contribution in [-0.2, 0) is 4.79 Å². The van der Waals surface area contributed by atoms with E-state index in [1.165, 1.54) is 10.5 Å². The van der Waals surface area contributed by atoms with Crippen LogP contribution >= 0.6 is 0 Å². The number of pyridine rings is 1. The maximum Gasteiger partial charge on any atom is 0.255 e. The van der Waals surface area contributed by atoms with Crippen molar-refractivity contribution in [2.75, 3.05) is 13.1 Å². The summed E-state index contributed by atoms with van der Waals surface area (Å²) < 4.78 is 14.5. The van der Waals surface area contributed by atoms with E-state index in [0.29, 0.717) is 29.5 Å². The average molecular weight is 410 g/mol. The van der Waals surface area contributed by atoms with E-state index in [-0.39, 0.29) is 24.9 Å². The number of carbonyl (C=O) groups is 2. The maximum atomic E-state index is 14.5. The van der Waals surface area contributed by atoms with Gasteiger partial charge in [0.1, 0.15) is 6.17 Å². The van der Waals surface area contributed by atoms with Crippen LogP contribution < -0.4 is 5.32 Å². The molecular formula is C24H28FN3O2. The predicted molar refractivity (Wildman–Crippen MR) is 113 cm³/mol. The third-order valence-corrected chi connectivity index (χ3v) is 6.32. The molecule has 2 heterocycles. The molecule has 4 rings (SSSR count). The number of nitrogens with zero attached hydrogens (tertiary/aromatic N) is 2. The Bertz CT molecular complexity index is 927. The van der Waals surface area contributed by atoms with Crippen molar-refractivity contribution < 1.29 is 14.0 Å². The van der Waals surface area contributed by atoms with E-state index in [4.69, 9.17) is 0 Å². The summed E-state index contributed by atoms with van der Waals surface area (Å²) >= 11 is 0. The smallest absolute Gasteiger partial charge is 0.255 e. The minimum Gasteiger partial charge on any atom is -0.349 e. The van der Waals surface area contributed by atoms with Crippen molar-refractivity contribution in [3.8, 4) is 0 Å². The third-order valence-electron chi connectivity index (χ3n) is 6.32. The molecule has 2 amide bonds. The number of likely N-dealkylation sites (tertiary alicyclic amines) is 1. The van der Waals surface area contributed by atoms with Crippen LogP contribution in [0.4, 0.5) is 4.39 Å². The fraction of sp³-hybridized carbons (Fsp3) is 0.458. The third kappa shape index (κ3) is 4.37. The highest BCUT2D eigenvalue weighted by molar-refractivity contribution is 5.95. The van der Waals surface area contributed by atoms with Crippen molar-refractivity contribution in [3.05, 3.63) is 65.0 Å². The number of benzene rings is 1. The number of alkyl halides is 1. The van der Waals surface area contributed by atoms with Gasteiger partial charge in [0.25, 0.3) is 5.91 Å². The number of aromatic nitrogens is 1. The first-order valence-corrected chi connectivity index (χ1v) is 10.6. The van der Waals surface area contributed by atoms with Gasteiger partial charge >= 0.3 is 0 Å². The second kappa shape index (κ2) is 8.54. The molecule has 158 valence electrons. The van der Waals surface area contributed by atoms with Gasteiger partial charge in [-0.05, 0) is 55.7 Å². The molecular weight excluding hydrogens is 381 g/mol. The molecule has 1 saturated heterocycles. The van der Waals surface area contributed by atoms with Gasteiger partial charge in [-0.1, -0.05) is 30.3 Å². The highest BCUT2D eigenvalue weighted by atomic mass is 19.1. The van der Waals surface area contributed by atoms with Crippen LogP contribution in [0.3, 0.4) is 0 Å². The largest absolute Gasteiger partial charge is 0.349 e. The van der Waals surface area contributed by atoms with Gasteiger partial charge in [0.2, 0.25) is 5.91 Å². The average Bonchev–Trinajstić information content (AvgIpc) is 3.06. The zero-order valence-electron chi connectivity index (χ0n) is 17.5. The molecule has 30 heavy (non-hydrogen) atoms. The van der Waals surface area contributed by atoms with Gasteiger partial charge in [-0.25, -0.2) is 4.39 Å². The van der Waals surface area contributed by atoms with Crippen LogP contribution in [0.1, 0.15) is 52.4 Å². The number of aryl methyl sites for hydroxylation is 2. The molecule has 5 nitrogen and oxygen atoms in total. The quantitative estimate of drug-likeness (QED) is 0.821. The van der Waals surface area contributed by atoms with E-state index in [9.17, 15) is 14.0 Å². The lowest BCUT2D eigenvalue weighted by Crippen LogP contribution is -2.43. The summed E-state index contributed by atoms with van der Waals surface area (Å²) in [7, 11) is 0. The Morgan fingerprint density at radius 1 is 1.17 bits per heavy atom. The van der Waals surface area contributed by atoms with E-state index >= 15 is 0 Å². The molecule has 6 heteroatoms. The molecule has 1 aliphatic heterocycles. The molecule has 1 aromatic carbocycles. The summed E-state index contributed by atoms with van der Waals surface area (Å²) in [6.45, 7) is 3.83. The first-order chi connectivity index (χ1) is 14.4. The van der Waals surface area contributed by atoms with Crippen LogP contribution in [0.25, 0.3) is 0 Å². The number of hydrogen-bond acceptors (Lipinski definition) is 3. The highest BCUT2D eigenvalue weighted by Gasteiger charge is 2.38. The predicted octanol–water partition coefficient (Wildman–Crippen LogP) is 3.56. The van der Waals surface area contributed by atoms with Crippen LogP contribution in [0, 0.1) is 19.8 Å².